The molecule has 1 aromatic rings. The van der Waals surface area contributed by atoms with Crippen molar-refractivity contribution < 1.29 is 12.9 Å². The van der Waals surface area contributed by atoms with E-state index in [2.05, 4.69) is 20.8 Å². The molecule has 18 heavy (non-hydrogen) atoms. The normalized spacial score (nSPS) is 12.2. The highest BCUT2D eigenvalue weighted by Crippen LogP contribution is 2.19. The molecule has 0 saturated carbocycles. The highest BCUT2D eigenvalue weighted by atomic mass is 32.2. The first kappa shape index (κ1) is 14.6. The maximum atomic E-state index is 12.1. The molecule has 6 nitrogen and oxygen atoms in total. The Morgan fingerprint density at radius 3 is 2.72 bits per heavy atom. The quantitative estimate of drug-likeness (QED) is 0.508. The molecule has 0 unspecified atom stereocenters. The monoisotopic (exact) mass is 287 g/mol. The molecule has 0 atom stereocenters. The van der Waals surface area contributed by atoms with Gasteiger partial charge in [-0.2, -0.15) is 0 Å². The van der Waals surface area contributed by atoms with Gasteiger partial charge in [-0.15, -0.1) is 6.42 Å². The van der Waals surface area contributed by atoms with Crippen molar-refractivity contribution in [1.29, 1.82) is 0 Å². The molecule has 0 aliphatic carbocycles. The predicted octanol–water partition coefficient (Wildman–Crippen LogP) is 0.922. The number of nitrogens with one attached hydrogen (secondary N) is 1. The van der Waals surface area contributed by atoms with Crippen molar-refractivity contribution in [3.05, 3.63) is 11.5 Å². The number of hydrogen-bond donors (Lipinski definition) is 1. The number of amidine groups is 1. The molecule has 0 fully saturated rings. The summed E-state index contributed by atoms with van der Waals surface area (Å²) in [6, 6.07) is 0. The zero-order valence-electron chi connectivity index (χ0n) is 10.2. The molecule has 1 rings (SSSR count). The van der Waals surface area contributed by atoms with Gasteiger partial charge in [0.15, 0.2) is 15.8 Å². The number of aliphatic imine (C=N–C) groups is 1. The van der Waals surface area contributed by atoms with E-state index in [1.165, 1.54) is 6.92 Å². The van der Waals surface area contributed by atoms with E-state index in [0.29, 0.717) is 5.69 Å². The predicted molar refractivity (Wildman–Crippen MR) is 70.9 cm³/mol. The van der Waals surface area contributed by atoms with Crippen molar-refractivity contribution in [3.63, 3.8) is 0 Å². The van der Waals surface area contributed by atoms with Crippen LogP contribution in [0, 0.1) is 26.2 Å². The fourth-order valence-corrected chi connectivity index (χ4v) is 3.37. The minimum absolute atomic E-state index is 0.0324. The van der Waals surface area contributed by atoms with E-state index in [1.54, 1.807) is 13.2 Å². The van der Waals surface area contributed by atoms with Crippen LogP contribution in [0.1, 0.15) is 11.5 Å². The van der Waals surface area contributed by atoms with Crippen LogP contribution in [0.2, 0.25) is 0 Å². The molecule has 8 heteroatoms. The van der Waals surface area contributed by atoms with E-state index >= 15 is 0 Å². The van der Waals surface area contributed by atoms with Gasteiger partial charge in [-0.3, -0.25) is 4.72 Å². The lowest BCUT2D eigenvalue weighted by molar-refractivity contribution is 0.390. The van der Waals surface area contributed by atoms with E-state index in [0.717, 1.165) is 11.8 Å². The van der Waals surface area contributed by atoms with Crippen LogP contribution in [-0.4, -0.2) is 31.5 Å². The third kappa shape index (κ3) is 3.27. The Kier molecular flexibility index (Phi) is 4.81. The zero-order chi connectivity index (χ0) is 13.8. The lowest BCUT2D eigenvalue weighted by Gasteiger charge is -2.07. The largest absolute Gasteiger partial charge is 0.360 e. The summed E-state index contributed by atoms with van der Waals surface area (Å²) < 4.78 is 31.4. The summed E-state index contributed by atoms with van der Waals surface area (Å²) in [5.41, 5.74) is 0.303. The Bertz CT molecular complexity index is 577. The van der Waals surface area contributed by atoms with Gasteiger partial charge in [0.25, 0.3) is 10.0 Å². The molecule has 98 valence electrons. The number of nitrogens with zero attached hydrogens (tertiary/aromatic N) is 2. The summed E-state index contributed by atoms with van der Waals surface area (Å²) in [4.78, 5) is 3.95. The van der Waals surface area contributed by atoms with Crippen molar-refractivity contribution >= 4 is 27.0 Å². The van der Waals surface area contributed by atoms with Gasteiger partial charge < -0.3 is 4.52 Å². The molecule has 0 bridgehead atoms. The Balaban J connectivity index is 3.06. The third-order valence-electron chi connectivity index (χ3n) is 1.97. The third-order valence-corrected chi connectivity index (χ3v) is 4.30. The minimum atomic E-state index is -3.75. The molecule has 0 saturated heterocycles. The number of aromatic nitrogens is 1. The van der Waals surface area contributed by atoms with Gasteiger partial charge in [-0.1, -0.05) is 22.8 Å². The van der Waals surface area contributed by atoms with Crippen molar-refractivity contribution in [2.45, 2.75) is 18.7 Å². The van der Waals surface area contributed by atoms with Crippen LogP contribution in [0.3, 0.4) is 0 Å². The molecule has 0 aliphatic heterocycles. The lowest BCUT2D eigenvalue weighted by atomic mass is 10.4. The first-order chi connectivity index (χ1) is 8.42. The second-order valence-electron chi connectivity index (χ2n) is 3.29. The van der Waals surface area contributed by atoms with Gasteiger partial charge in [-0.05, 0) is 20.1 Å². The number of terminal acetylenes is 1. The number of rotatable bonds is 3. The summed E-state index contributed by atoms with van der Waals surface area (Å²) in [7, 11) is -3.75. The Morgan fingerprint density at radius 1 is 1.61 bits per heavy atom. The fourth-order valence-electron chi connectivity index (χ4n) is 1.28. The molecular formula is C10H13N3O3S2. The Morgan fingerprint density at radius 2 is 2.28 bits per heavy atom. The second kappa shape index (κ2) is 5.93. The second-order valence-corrected chi connectivity index (χ2v) is 5.70. The first-order valence-electron chi connectivity index (χ1n) is 4.90. The van der Waals surface area contributed by atoms with Gasteiger partial charge >= 0.3 is 0 Å². The maximum absolute atomic E-state index is 12.1. The molecule has 1 N–H and O–H groups in total. The first-order valence-corrected chi connectivity index (χ1v) is 7.60. The molecule has 1 aromatic heterocycles. The molecule has 0 radical (unpaired) electrons. The van der Waals surface area contributed by atoms with Gasteiger partial charge in [0, 0.05) is 0 Å². The lowest BCUT2D eigenvalue weighted by Crippen LogP contribution is -2.29. The van der Waals surface area contributed by atoms with E-state index in [4.69, 9.17) is 10.9 Å². The van der Waals surface area contributed by atoms with E-state index in [9.17, 15) is 8.42 Å². The highest BCUT2D eigenvalue weighted by molar-refractivity contribution is 8.14. The van der Waals surface area contributed by atoms with E-state index < -0.39 is 10.0 Å². The van der Waals surface area contributed by atoms with Crippen molar-refractivity contribution in [2.24, 2.45) is 4.99 Å². The summed E-state index contributed by atoms with van der Waals surface area (Å²) >= 11 is 1.16. The van der Waals surface area contributed by atoms with E-state index in [-0.39, 0.29) is 22.4 Å². The maximum Gasteiger partial charge on any atom is 0.268 e. The molecule has 0 amide bonds. The van der Waals surface area contributed by atoms with E-state index in [1.807, 2.05) is 0 Å². The van der Waals surface area contributed by atoms with Crippen molar-refractivity contribution in [2.75, 3.05) is 12.8 Å². The van der Waals surface area contributed by atoms with Crippen LogP contribution < -0.4 is 4.72 Å². The molecule has 0 aliphatic rings. The minimum Gasteiger partial charge on any atom is -0.360 e. The van der Waals surface area contributed by atoms with Crippen LogP contribution in [0.25, 0.3) is 0 Å². The number of sulfonamides is 1. The van der Waals surface area contributed by atoms with Crippen LogP contribution in [0.4, 0.5) is 0 Å². The summed E-state index contributed by atoms with van der Waals surface area (Å²) in [6.07, 6.45) is 6.77. The summed E-state index contributed by atoms with van der Waals surface area (Å²) in [6.45, 7) is 3.20. The summed E-state index contributed by atoms with van der Waals surface area (Å²) in [5.74, 6) is 2.54. The molecule has 0 aromatic carbocycles. The topological polar surface area (TPSA) is 84.6 Å². The van der Waals surface area contributed by atoms with Crippen LogP contribution in [0.15, 0.2) is 14.4 Å². The van der Waals surface area contributed by atoms with Gasteiger partial charge in [0.2, 0.25) is 0 Å². The Hall–Kier alpha value is -1.46. The number of thioether (sulfide) groups is 1. The SMILES string of the molecule is C#CCN=C(NS(=O)(=O)c1c(C)noc1C)SC. The van der Waals surface area contributed by atoms with Crippen LogP contribution >= 0.6 is 11.8 Å². The van der Waals surface area contributed by atoms with Gasteiger partial charge in [0.1, 0.15) is 12.2 Å². The van der Waals surface area contributed by atoms with Crippen molar-refractivity contribution in [3.8, 4) is 12.3 Å². The zero-order valence-corrected chi connectivity index (χ0v) is 11.9. The fraction of sp³-hybridized carbons (Fsp3) is 0.400. The molecule has 0 spiro atoms. The number of aryl methyl sites for hydroxylation is 2. The Labute approximate surface area is 110 Å². The van der Waals surface area contributed by atoms with Crippen molar-refractivity contribution in [1.82, 2.24) is 9.88 Å². The smallest absolute Gasteiger partial charge is 0.268 e. The molecular weight excluding hydrogens is 274 g/mol. The van der Waals surface area contributed by atoms with Gasteiger partial charge in [-0.25, -0.2) is 13.4 Å². The van der Waals surface area contributed by atoms with Crippen LogP contribution in [0.5, 0.6) is 0 Å². The molecule has 1 heterocycles. The summed E-state index contributed by atoms with van der Waals surface area (Å²) in [5, 5.41) is 3.83. The standard InChI is InChI=1S/C10H13N3O3S2/c1-5-6-11-10(17-4)13-18(14,15)9-7(2)12-16-8(9)3/h1H,6H2,2-4H3,(H,11,13). The average molecular weight is 287 g/mol. The average Bonchev–Trinajstić information content (AvgIpc) is 2.64. The highest BCUT2D eigenvalue weighted by Gasteiger charge is 2.25. The van der Waals surface area contributed by atoms with Crippen LogP contribution in [-0.2, 0) is 10.0 Å². The number of hydrogen-bond acceptors (Lipinski definition) is 6. The van der Waals surface area contributed by atoms with Gasteiger partial charge in [0.05, 0.1) is 0 Å².